The maximum Gasteiger partial charge on any atom is 0.0652 e. The van der Waals surface area contributed by atoms with Crippen molar-refractivity contribution in [1.82, 2.24) is 0 Å². The topological polar surface area (TPSA) is 46.2 Å². The molecule has 11 heavy (non-hydrogen) atoms. The number of aliphatic hydroxyl groups excluding tert-OH is 1. The second kappa shape index (κ2) is 4.31. The quantitative estimate of drug-likeness (QED) is 0.600. The Morgan fingerprint density at radius 2 is 2.27 bits per heavy atom. The van der Waals surface area contributed by atoms with Crippen molar-refractivity contribution in [2.45, 2.75) is 25.8 Å². The van der Waals surface area contributed by atoms with Crippen molar-refractivity contribution in [1.29, 1.82) is 0 Å². The molecule has 0 spiro atoms. The first kappa shape index (κ1) is 10.4. The summed E-state index contributed by atoms with van der Waals surface area (Å²) in [5.41, 5.74) is 6.01. The van der Waals surface area contributed by atoms with Gasteiger partial charge in [-0.15, -0.1) is 0 Å². The predicted octanol–water partition coefficient (Wildman–Crippen LogP) is 1.22. The molecular weight excluding hydrogens is 138 g/mol. The second-order valence-electron chi connectivity index (χ2n) is 2.87. The molecule has 1 atom stereocenters. The van der Waals surface area contributed by atoms with Gasteiger partial charge in [-0.3, -0.25) is 0 Å². The van der Waals surface area contributed by atoms with Crippen LogP contribution in [0.5, 0.6) is 0 Å². The van der Waals surface area contributed by atoms with Crippen LogP contribution in [0.2, 0.25) is 0 Å². The molecule has 0 rings (SSSR count). The Bertz CT molecular complexity index is 163. The zero-order valence-corrected chi connectivity index (χ0v) is 7.30. The first-order valence-electron chi connectivity index (χ1n) is 3.73. The first-order chi connectivity index (χ1) is 5.06. The summed E-state index contributed by atoms with van der Waals surface area (Å²) in [5.74, 6) is 0. The zero-order valence-electron chi connectivity index (χ0n) is 7.30. The normalized spacial score (nSPS) is 16.7. The molecule has 0 aromatic rings. The van der Waals surface area contributed by atoms with Gasteiger partial charge in [0.15, 0.2) is 0 Å². The van der Waals surface area contributed by atoms with E-state index in [1.165, 1.54) is 0 Å². The monoisotopic (exact) mass is 155 g/mol. The molecule has 0 saturated heterocycles. The largest absolute Gasteiger partial charge is 0.394 e. The van der Waals surface area contributed by atoms with Gasteiger partial charge in [0.2, 0.25) is 0 Å². The fourth-order valence-electron chi connectivity index (χ4n) is 0.702. The van der Waals surface area contributed by atoms with E-state index < -0.39 is 5.54 Å². The molecule has 0 fully saturated rings. The van der Waals surface area contributed by atoms with Gasteiger partial charge in [0.25, 0.3) is 0 Å². The van der Waals surface area contributed by atoms with Crippen LogP contribution in [0.4, 0.5) is 0 Å². The molecule has 64 valence electrons. The average Bonchev–Trinajstić information content (AvgIpc) is 2.00. The minimum absolute atomic E-state index is 0.0489. The Labute approximate surface area is 68.4 Å². The van der Waals surface area contributed by atoms with E-state index in [1.54, 1.807) is 0 Å². The number of nitrogens with two attached hydrogens (primary N) is 1. The van der Waals surface area contributed by atoms with Gasteiger partial charge in [-0.25, -0.2) is 0 Å². The molecule has 0 aliphatic carbocycles. The van der Waals surface area contributed by atoms with Crippen molar-refractivity contribution < 1.29 is 5.11 Å². The molecule has 0 amide bonds. The smallest absolute Gasteiger partial charge is 0.0652 e. The summed E-state index contributed by atoms with van der Waals surface area (Å²) in [7, 11) is 0. The average molecular weight is 155 g/mol. The maximum absolute atomic E-state index is 8.96. The Hall–Kier alpha value is -0.600. The van der Waals surface area contributed by atoms with E-state index in [2.05, 4.69) is 6.58 Å². The highest BCUT2D eigenvalue weighted by atomic mass is 16.3. The molecule has 0 bridgehead atoms. The minimum atomic E-state index is -0.632. The summed E-state index contributed by atoms with van der Waals surface area (Å²) < 4.78 is 0. The van der Waals surface area contributed by atoms with Crippen molar-refractivity contribution in [2.75, 3.05) is 6.61 Å². The zero-order chi connectivity index (χ0) is 8.91. The highest BCUT2D eigenvalue weighted by Gasteiger charge is 2.22. The molecule has 3 N–H and O–H groups in total. The number of rotatable bonds is 4. The van der Waals surface area contributed by atoms with Crippen LogP contribution in [0.25, 0.3) is 0 Å². The number of hydrogen-bond acceptors (Lipinski definition) is 2. The molecular formula is C9H17NO. The SMILES string of the molecule is C=C(C)C(N)(CO)C/C=C/C. The van der Waals surface area contributed by atoms with Crippen LogP contribution in [0, 0.1) is 0 Å². The summed E-state index contributed by atoms with van der Waals surface area (Å²) in [4.78, 5) is 0. The Morgan fingerprint density at radius 1 is 1.73 bits per heavy atom. The lowest BCUT2D eigenvalue weighted by molar-refractivity contribution is 0.221. The molecule has 2 nitrogen and oxygen atoms in total. The maximum atomic E-state index is 8.96. The van der Waals surface area contributed by atoms with E-state index in [9.17, 15) is 0 Å². The van der Waals surface area contributed by atoms with Crippen LogP contribution in [0.3, 0.4) is 0 Å². The molecule has 0 heterocycles. The van der Waals surface area contributed by atoms with Gasteiger partial charge in [0.1, 0.15) is 0 Å². The van der Waals surface area contributed by atoms with Gasteiger partial charge in [-0.05, 0) is 20.3 Å². The third kappa shape index (κ3) is 2.87. The molecule has 0 aromatic carbocycles. The van der Waals surface area contributed by atoms with Gasteiger partial charge in [-0.2, -0.15) is 0 Å². The van der Waals surface area contributed by atoms with Gasteiger partial charge in [0.05, 0.1) is 12.1 Å². The van der Waals surface area contributed by atoms with Crippen molar-refractivity contribution in [3.63, 3.8) is 0 Å². The third-order valence-electron chi connectivity index (χ3n) is 1.85. The Kier molecular flexibility index (Phi) is 4.08. The predicted molar refractivity (Wildman–Crippen MR) is 48.2 cm³/mol. The first-order valence-corrected chi connectivity index (χ1v) is 3.73. The molecule has 0 radical (unpaired) electrons. The number of aliphatic hydroxyl groups is 1. The third-order valence-corrected chi connectivity index (χ3v) is 1.85. The van der Waals surface area contributed by atoms with E-state index in [0.29, 0.717) is 6.42 Å². The lowest BCUT2D eigenvalue weighted by Gasteiger charge is -2.26. The molecule has 0 saturated carbocycles. The number of hydrogen-bond donors (Lipinski definition) is 2. The van der Waals surface area contributed by atoms with E-state index in [0.717, 1.165) is 5.57 Å². The second-order valence-corrected chi connectivity index (χ2v) is 2.87. The highest BCUT2D eigenvalue weighted by Crippen LogP contribution is 2.15. The van der Waals surface area contributed by atoms with Crippen LogP contribution in [-0.4, -0.2) is 17.3 Å². The molecule has 1 unspecified atom stereocenters. The van der Waals surface area contributed by atoms with Crippen molar-refractivity contribution in [3.05, 3.63) is 24.3 Å². The fourth-order valence-corrected chi connectivity index (χ4v) is 0.702. The molecule has 0 aliphatic rings. The van der Waals surface area contributed by atoms with Gasteiger partial charge in [0, 0.05) is 0 Å². The number of allylic oxidation sites excluding steroid dienone is 1. The lowest BCUT2D eigenvalue weighted by Crippen LogP contribution is -2.44. The van der Waals surface area contributed by atoms with E-state index in [1.807, 2.05) is 26.0 Å². The Balaban J connectivity index is 4.22. The van der Waals surface area contributed by atoms with Crippen LogP contribution in [0.1, 0.15) is 20.3 Å². The van der Waals surface area contributed by atoms with E-state index in [-0.39, 0.29) is 6.61 Å². The van der Waals surface area contributed by atoms with E-state index >= 15 is 0 Å². The summed E-state index contributed by atoms with van der Waals surface area (Å²) in [6.45, 7) is 7.44. The van der Waals surface area contributed by atoms with Gasteiger partial charge in [-0.1, -0.05) is 24.3 Å². The lowest BCUT2D eigenvalue weighted by atomic mass is 9.90. The van der Waals surface area contributed by atoms with Crippen molar-refractivity contribution in [2.24, 2.45) is 5.73 Å². The summed E-state index contributed by atoms with van der Waals surface area (Å²) in [6.07, 6.45) is 4.50. The molecule has 0 aliphatic heterocycles. The van der Waals surface area contributed by atoms with Crippen LogP contribution < -0.4 is 5.73 Å². The minimum Gasteiger partial charge on any atom is -0.394 e. The van der Waals surface area contributed by atoms with Crippen LogP contribution in [-0.2, 0) is 0 Å². The fraction of sp³-hybridized carbons (Fsp3) is 0.556. The summed E-state index contributed by atoms with van der Waals surface area (Å²) in [5, 5.41) is 8.96. The molecule has 0 aromatic heterocycles. The highest BCUT2D eigenvalue weighted by molar-refractivity contribution is 5.15. The summed E-state index contributed by atoms with van der Waals surface area (Å²) >= 11 is 0. The van der Waals surface area contributed by atoms with Crippen LogP contribution in [0.15, 0.2) is 24.3 Å². The van der Waals surface area contributed by atoms with Crippen molar-refractivity contribution in [3.8, 4) is 0 Å². The van der Waals surface area contributed by atoms with E-state index in [4.69, 9.17) is 10.8 Å². The van der Waals surface area contributed by atoms with Gasteiger partial charge < -0.3 is 10.8 Å². The van der Waals surface area contributed by atoms with Crippen molar-refractivity contribution >= 4 is 0 Å². The molecule has 2 heteroatoms. The standard InChI is InChI=1S/C9H17NO/c1-4-5-6-9(10,7-11)8(2)3/h4-5,11H,2,6-7,10H2,1,3H3/b5-4+. The summed E-state index contributed by atoms with van der Waals surface area (Å²) in [6, 6.07) is 0. The Morgan fingerprint density at radius 3 is 2.55 bits per heavy atom. The van der Waals surface area contributed by atoms with Gasteiger partial charge >= 0.3 is 0 Å². The van der Waals surface area contributed by atoms with Crippen LogP contribution >= 0.6 is 0 Å².